The molecule has 0 bridgehead atoms. The molecule has 1 rings (SSSR count). The first kappa shape index (κ1) is 23.9. The van der Waals surface area contributed by atoms with E-state index in [-0.39, 0.29) is 26.1 Å². The molecule has 8 heteroatoms. The summed E-state index contributed by atoms with van der Waals surface area (Å²) >= 11 is 0. The average Bonchev–Trinajstić information content (AvgIpc) is 2.67. The molecule has 0 radical (unpaired) electrons. The highest BCUT2D eigenvalue weighted by Gasteiger charge is 2.50. The summed E-state index contributed by atoms with van der Waals surface area (Å²) in [6, 6.07) is 0. The van der Waals surface area contributed by atoms with Crippen LogP contribution in [0.15, 0.2) is 0 Å². The predicted octanol–water partition coefficient (Wildman–Crippen LogP) is 2.88. The third kappa shape index (κ3) is 7.13. The number of esters is 2. The zero-order valence-corrected chi connectivity index (χ0v) is 16.7. The van der Waals surface area contributed by atoms with Gasteiger partial charge in [-0.25, -0.2) is 0 Å². The molecule has 2 N–H and O–H groups in total. The molecule has 0 heterocycles. The van der Waals surface area contributed by atoms with Crippen molar-refractivity contribution < 1.29 is 38.9 Å². The van der Waals surface area contributed by atoms with Crippen LogP contribution in [0.4, 0.5) is 0 Å². The second-order valence-corrected chi connectivity index (χ2v) is 7.32. The van der Waals surface area contributed by atoms with Crippen LogP contribution < -0.4 is 0 Å². The standard InChI is InChI=1S/C20H32O8/c1-3-5-7-9-27-19(25)15-11-13(17(21)22)14(18(23)24)12-16(15)20(26)28-10-8-6-4-2/h13-16H,3-12H2,1-2H3,(H,21,22)(H,23,24). The number of hydrogen-bond acceptors (Lipinski definition) is 6. The minimum atomic E-state index is -1.29. The predicted molar refractivity (Wildman–Crippen MR) is 99.4 cm³/mol. The summed E-state index contributed by atoms with van der Waals surface area (Å²) < 4.78 is 10.5. The molecule has 0 aliphatic heterocycles. The molecular formula is C20H32O8. The number of unbranched alkanes of at least 4 members (excludes halogenated alkanes) is 4. The molecule has 1 aliphatic carbocycles. The fraction of sp³-hybridized carbons (Fsp3) is 0.800. The molecule has 1 fully saturated rings. The Kier molecular flexibility index (Phi) is 10.6. The lowest BCUT2D eigenvalue weighted by molar-refractivity contribution is -0.172. The lowest BCUT2D eigenvalue weighted by atomic mass is 9.68. The van der Waals surface area contributed by atoms with Gasteiger partial charge in [-0.2, -0.15) is 0 Å². The van der Waals surface area contributed by atoms with E-state index in [1.807, 2.05) is 13.8 Å². The topological polar surface area (TPSA) is 127 Å². The van der Waals surface area contributed by atoms with Gasteiger partial charge < -0.3 is 19.7 Å². The van der Waals surface area contributed by atoms with Crippen molar-refractivity contribution in [3.05, 3.63) is 0 Å². The highest BCUT2D eigenvalue weighted by Crippen LogP contribution is 2.40. The normalized spacial score (nSPS) is 24.4. The summed E-state index contributed by atoms with van der Waals surface area (Å²) in [4.78, 5) is 48.1. The Morgan fingerprint density at radius 1 is 0.679 bits per heavy atom. The summed E-state index contributed by atoms with van der Waals surface area (Å²) in [5.74, 6) is -8.36. The Balaban J connectivity index is 2.90. The molecule has 0 aromatic carbocycles. The van der Waals surface area contributed by atoms with Crippen LogP contribution in [0.3, 0.4) is 0 Å². The summed E-state index contributed by atoms with van der Waals surface area (Å²) in [7, 11) is 0. The second-order valence-electron chi connectivity index (χ2n) is 7.32. The minimum absolute atomic E-state index is 0.196. The Morgan fingerprint density at radius 2 is 1.04 bits per heavy atom. The molecule has 0 aromatic rings. The lowest BCUT2D eigenvalue weighted by Gasteiger charge is -2.35. The fourth-order valence-electron chi connectivity index (χ4n) is 3.53. The molecule has 8 nitrogen and oxygen atoms in total. The third-order valence-corrected chi connectivity index (χ3v) is 5.21. The maximum atomic E-state index is 12.5. The SMILES string of the molecule is CCCCCOC(=O)C1CC(C(=O)O)C(C(=O)O)CC1C(=O)OCCCCC. The van der Waals surface area contributed by atoms with E-state index in [1.165, 1.54) is 0 Å². The number of carbonyl (C=O) groups is 4. The van der Waals surface area contributed by atoms with E-state index < -0.39 is 47.5 Å². The van der Waals surface area contributed by atoms with Gasteiger partial charge in [0.15, 0.2) is 0 Å². The largest absolute Gasteiger partial charge is 0.481 e. The van der Waals surface area contributed by atoms with Gasteiger partial charge in [0.05, 0.1) is 36.9 Å². The van der Waals surface area contributed by atoms with E-state index in [4.69, 9.17) is 9.47 Å². The molecule has 0 aromatic heterocycles. The first-order valence-electron chi connectivity index (χ1n) is 10.1. The molecular weight excluding hydrogens is 368 g/mol. The quantitative estimate of drug-likeness (QED) is 0.378. The van der Waals surface area contributed by atoms with Crippen LogP contribution in [0.5, 0.6) is 0 Å². The highest BCUT2D eigenvalue weighted by atomic mass is 16.5. The number of carbonyl (C=O) groups excluding carboxylic acids is 2. The number of aliphatic carboxylic acids is 2. The first-order chi connectivity index (χ1) is 13.3. The monoisotopic (exact) mass is 400 g/mol. The van der Waals surface area contributed by atoms with Gasteiger partial charge in [0, 0.05) is 0 Å². The van der Waals surface area contributed by atoms with Crippen molar-refractivity contribution in [2.24, 2.45) is 23.7 Å². The molecule has 0 amide bonds. The zero-order chi connectivity index (χ0) is 21.1. The van der Waals surface area contributed by atoms with Crippen LogP contribution >= 0.6 is 0 Å². The minimum Gasteiger partial charge on any atom is -0.481 e. The number of carboxylic acid groups (broad SMARTS) is 2. The summed E-state index contributed by atoms with van der Waals surface area (Å²) in [6.07, 6.45) is 4.56. The van der Waals surface area contributed by atoms with Gasteiger partial charge in [0.25, 0.3) is 0 Å². The Labute approximate surface area is 165 Å². The number of hydrogen-bond donors (Lipinski definition) is 2. The van der Waals surface area contributed by atoms with E-state index in [2.05, 4.69) is 0 Å². The average molecular weight is 400 g/mol. The molecule has 160 valence electrons. The number of ether oxygens (including phenoxy) is 2. The van der Waals surface area contributed by atoms with Gasteiger partial charge in [-0.05, 0) is 25.7 Å². The van der Waals surface area contributed by atoms with Gasteiger partial charge >= 0.3 is 23.9 Å². The van der Waals surface area contributed by atoms with Crippen LogP contribution in [0.25, 0.3) is 0 Å². The maximum absolute atomic E-state index is 12.5. The van der Waals surface area contributed by atoms with Crippen LogP contribution in [0.1, 0.15) is 65.2 Å². The van der Waals surface area contributed by atoms with Crippen molar-refractivity contribution in [2.45, 2.75) is 65.2 Å². The van der Waals surface area contributed by atoms with Crippen molar-refractivity contribution in [1.82, 2.24) is 0 Å². The van der Waals surface area contributed by atoms with Crippen LogP contribution in [0, 0.1) is 23.7 Å². The van der Waals surface area contributed by atoms with E-state index in [9.17, 15) is 29.4 Å². The van der Waals surface area contributed by atoms with Crippen molar-refractivity contribution in [3.8, 4) is 0 Å². The van der Waals surface area contributed by atoms with Crippen LogP contribution in [0.2, 0.25) is 0 Å². The Hall–Kier alpha value is -2.12. The lowest BCUT2D eigenvalue weighted by Crippen LogP contribution is -2.46. The number of carboxylic acids is 2. The van der Waals surface area contributed by atoms with Crippen LogP contribution in [-0.2, 0) is 28.7 Å². The Morgan fingerprint density at radius 3 is 1.32 bits per heavy atom. The highest BCUT2D eigenvalue weighted by molar-refractivity contribution is 5.86. The smallest absolute Gasteiger partial charge is 0.309 e. The molecule has 1 saturated carbocycles. The van der Waals surface area contributed by atoms with Crippen molar-refractivity contribution in [1.29, 1.82) is 0 Å². The molecule has 4 atom stereocenters. The van der Waals surface area contributed by atoms with Gasteiger partial charge in [0.1, 0.15) is 0 Å². The van der Waals surface area contributed by atoms with E-state index in [0.717, 1.165) is 25.7 Å². The Bertz CT molecular complexity index is 496. The fourth-order valence-corrected chi connectivity index (χ4v) is 3.53. The molecule has 0 spiro atoms. The van der Waals surface area contributed by atoms with E-state index in [1.54, 1.807) is 0 Å². The molecule has 0 saturated heterocycles. The maximum Gasteiger partial charge on any atom is 0.309 e. The molecule has 4 unspecified atom stereocenters. The van der Waals surface area contributed by atoms with Gasteiger partial charge in [-0.15, -0.1) is 0 Å². The van der Waals surface area contributed by atoms with Crippen molar-refractivity contribution >= 4 is 23.9 Å². The van der Waals surface area contributed by atoms with Gasteiger partial charge in [-0.1, -0.05) is 39.5 Å². The third-order valence-electron chi connectivity index (χ3n) is 5.21. The van der Waals surface area contributed by atoms with Crippen molar-refractivity contribution in [2.75, 3.05) is 13.2 Å². The van der Waals surface area contributed by atoms with Gasteiger partial charge in [-0.3, -0.25) is 19.2 Å². The summed E-state index contributed by atoms with van der Waals surface area (Å²) in [5.41, 5.74) is 0. The van der Waals surface area contributed by atoms with E-state index >= 15 is 0 Å². The van der Waals surface area contributed by atoms with Crippen LogP contribution in [-0.4, -0.2) is 47.3 Å². The zero-order valence-electron chi connectivity index (χ0n) is 16.7. The summed E-state index contributed by atoms with van der Waals surface area (Å²) in [5, 5.41) is 18.8. The second kappa shape index (κ2) is 12.4. The molecule has 28 heavy (non-hydrogen) atoms. The van der Waals surface area contributed by atoms with Crippen molar-refractivity contribution in [3.63, 3.8) is 0 Å². The molecule has 1 aliphatic rings. The van der Waals surface area contributed by atoms with E-state index in [0.29, 0.717) is 12.8 Å². The van der Waals surface area contributed by atoms with Gasteiger partial charge in [0.2, 0.25) is 0 Å². The summed E-state index contributed by atoms with van der Waals surface area (Å²) in [6.45, 7) is 4.41. The first-order valence-corrected chi connectivity index (χ1v) is 10.1. The number of rotatable bonds is 12.